The average molecular weight is 257 g/mol. The van der Waals surface area contributed by atoms with E-state index in [1.165, 1.54) is 6.42 Å². The highest BCUT2D eigenvalue weighted by molar-refractivity contribution is 9.09. The minimum Gasteiger partial charge on any atom is -0.389 e. The summed E-state index contributed by atoms with van der Waals surface area (Å²) in [7, 11) is 0. The maximum absolute atomic E-state index is 9.99. The van der Waals surface area contributed by atoms with E-state index in [0.29, 0.717) is 40.7 Å². The molecule has 0 spiro atoms. The summed E-state index contributed by atoms with van der Waals surface area (Å²) >= 11 is 3.75. The predicted molar refractivity (Wildman–Crippen MR) is 55.1 cm³/mol. The standard InChI is InChI=1S/C11H13BrO2/c12-10-4-3-5-9-7(14-11(5)10)2-1-6(13)8(4)9/h1-2,4-11,13H,3H2/t4-,5+,6-,7-,8+,9-,10-,11-/m1/s1. The third-order valence-electron chi connectivity index (χ3n) is 4.71. The van der Waals surface area contributed by atoms with E-state index in [1.54, 1.807) is 0 Å². The Morgan fingerprint density at radius 3 is 2.93 bits per heavy atom. The van der Waals surface area contributed by atoms with E-state index >= 15 is 0 Å². The van der Waals surface area contributed by atoms with Crippen molar-refractivity contribution in [2.45, 2.75) is 29.6 Å². The average Bonchev–Trinajstić information content (AvgIpc) is 2.75. The Bertz CT molecular complexity index is 316. The lowest BCUT2D eigenvalue weighted by Gasteiger charge is -2.35. The molecule has 1 aliphatic heterocycles. The van der Waals surface area contributed by atoms with Gasteiger partial charge in [-0.25, -0.2) is 0 Å². The Morgan fingerprint density at radius 2 is 2.07 bits per heavy atom. The number of halogens is 1. The van der Waals surface area contributed by atoms with Gasteiger partial charge in [0.05, 0.1) is 18.3 Å². The molecule has 2 saturated carbocycles. The van der Waals surface area contributed by atoms with Gasteiger partial charge in [0.1, 0.15) is 0 Å². The fourth-order valence-electron chi connectivity index (χ4n) is 4.29. The van der Waals surface area contributed by atoms with Gasteiger partial charge in [-0.15, -0.1) is 0 Å². The summed E-state index contributed by atoms with van der Waals surface area (Å²) in [4.78, 5) is 0.480. The molecule has 1 N–H and O–H groups in total. The summed E-state index contributed by atoms with van der Waals surface area (Å²) in [5.74, 6) is 2.41. The van der Waals surface area contributed by atoms with Crippen LogP contribution in [-0.4, -0.2) is 28.2 Å². The van der Waals surface area contributed by atoms with Crippen LogP contribution < -0.4 is 0 Å². The first-order valence-electron chi connectivity index (χ1n) is 5.43. The lowest BCUT2D eigenvalue weighted by atomic mass is 9.72. The molecule has 0 aromatic heterocycles. The van der Waals surface area contributed by atoms with Crippen LogP contribution in [0, 0.1) is 23.7 Å². The lowest BCUT2D eigenvalue weighted by molar-refractivity contribution is 0.0522. The van der Waals surface area contributed by atoms with E-state index in [2.05, 4.69) is 22.0 Å². The van der Waals surface area contributed by atoms with Gasteiger partial charge in [0.25, 0.3) is 0 Å². The van der Waals surface area contributed by atoms with Crippen LogP contribution in [0.15, 0.2) is 12.2 Å². The summed E-state index contributed by atoms with van der Waals surface area (Å²) in [5.41, 5.74) is 0. The Balaban J connectivity index is 1.86. The number of alkyl halides is 1. The Morgan fingerprint density at radius 1 is 1.21 bits per heavy atom. The van der Waals surface area contributed by atoms with E-state index in [-0.39, 0.29) is 6.10 Å². The van der Waals surface area contributed by atoms with Gasteiger partial charge in [0.15, 0.2) is 0 Å². The normalized spacial score (nSPS) is 67.9. The van der Waals surface area contributed by atoms with Crippen LogP contribution in [0.1, 0.15) is 6.42 Å². The van der Waals surface area contributed by atoms with Gasteiger partial charge in [-0.05, 0) is 30.1 Å². The van der Waals surface area contributed by atoms with Crippen molar-refractivity contribution in [3.05, 3.63) is 12.2 Å². The topological polar surface area (TPSA) is 29.5 Å². The fraction of sp³-hybridized carbons (Fsp3) is 0.818. The molecule has 76 valence electrons. The molecule has 1 saturated heterocycles. The van der Waals surface area contributed by atoms with Gasteiger partial charge in [0.2, 0.25) is 0 Å². The highest BCUT2D eigenvalue weighted by Gasteiger charge is 2.66. The molecule has 2 nitrogen and oxygen atoms in total. The van der Waals surface area contributed by atoms with E-state index in [0.717, 1.165) is 0 Å². The van der Waals surface area contributed by atoms with Crippen LogP contribution in [0.4, 0.5) is 0 Å². The third kappa shape index (κ3) is 0.739. The summed E-state index contributed by atoms with van der Waals surface area (Å²) < 4.78 is 6.03. The van der Waals surface area contributed by atoms with Crippen molar-refractivity contribution in [1.82, 2.24) is 0 Å². The molecule has 0 radical (unpaired) electrons. The SMILES string of the molecule is O[C@@H]1C=C[C@H]2O[C@H]3[C@H](Br)[C@@H]4C[C@H]3[C@H]2[C@@H]41. The second-order valence-corrected chi connectivity index (χ2v) is 6.16. The fourth-order valence-corrected chi connectivity index (χ4v) is 5.38. The number of aliphatic hydroxyl groups excluding tert-OH is 1. The highest BCUT2D eigenvalue weighted by Crippen LogP contribution is 2.63. The molecule has 3 fully saturated rings. The molecule has 3 heteroatoms. The van der Waals surface area contributed by atoms with E-state index in [1.807, 2.05) is 6.08 Å². The number of aliphatic hydroxyl groups is 1. The van der Waals surface area contributed by atoms with Crippen LogP contribution in [0.5, 0.6) is 0 Å². The first-order chi connectivity index (χ1) is 6.77. The van der Waals surface area contributed by atoms with Crippen LogP contribution in [0.3, 0.4) is 0 Å². The minimum absolute atomic E-state index is 0.228. The molecule has 4 rings (SSSR count). The van der Waals surface area contributed by atoms with Crippen LogP contribution >= 0.6 is 15.9 Å². The Hall–Kier alpha value is 0.140. The van der Waals surface area contributed by atoms with Crippen molar-refractivity contribution < 1.29 is 9.84 Å². The number of fused-ring (bicyclic) bond motifs is 2. The highest BCUT2D eigenvalue weighted by atomic mass is 79.9. The molecule has 14 heavy (non-hydrogen) atoms. The van der Waals surface area contributed by atoms with Gasteiger partial charge in [-0.1, -0.05) is 28.1 Å². The molecule has 0 unspecified atom stereocenters. The maximum Gasteiger partial charge on any atom is 0.0796 e. The predicted octanol–water partition coefficient (Wildman–Crippen LogP) is 1.33. The molecular weight excluding hydrogens is 244 g/mol. The Labute approximate surface area is 91.5 Å². The molecule has 0 amide bonds. The molecule has 0 aromatic rings. The molecule has 3 aliphatic carbocycles. The van der Waals surface area contributed by atoms with Gasteiger partial charge in [-0.2, -0.15) is 0 Å². The zero-order valence-corrected chi connectivity index (χ0v) is 9.30. The second-order valence-electron chi connectivity index (χ2n) is 5.10. The van der Waals surface area contributed by atoms with Crippen molar-refractivity contribution in [2.75, 3.05) is 0 Å². The summed E-state index contributed by atoms with van der Waals surface area (Å²) in [6.45, 7) is 0. The molecule has 2 bridgehead atoms. The first kappa shape index (κ1) is 8.31. The summed E-state index contributed by atoms with van der Waals surface area (Å²) in [6, 6.07) is 0. The largest absolute Gasteiger partial charge is 0.389 e. The number of rotatable bonds is 0. The molecule has 0 aromatic carbocycles. The van der Waals surface area contributed by atoms with Crippen molar-refractivity contribution in [3.8, 4) is 0 Å². The number of hydrogen-bond acceptors (Lipinski definition) is 2. The van der Waals surface area contributed by atoms with Gasteiger partial charge >= 0.3 is 0 Å². The zero-order valence-electron chi connectivity index (χ0n) is 7.71. The molecule has 4 aliphatic rings. The first-order valence-corrected chi connectivity index (χ1v) is 6.35. The minimum atomic E-state index is -0.228. The van der Waals surface area contributed by atoms with Crippen molar-refractivity contribution in [2.24, 2.45) is 23.7 Å². The van der Waals surface area contributed by atoms with E-state index < -0.39 is 0 Å². The smallest absolute Gasteiger partial charge is 0.0796 e. The summed E-state index contributed by atoms with van der Waals surface area (Å²) in [6.07, 6.45) is 5.76. The summed E-state index contributed by atoms with van der Waals surface area (Å²) in [5, 5.41) is 9.99. The number of ether oxygens (including phenoxy) is 1. The van der Waals surface area contributed by atoms with Gasteiger partial charge in [0, 0.05) is 4.83 Å². The van der Waals surface area contributed by atoms with Crippen LogP contribution in [0.2, 0.25) is 0 Å². The molecule has 8 atom stereocenters. The van der Waals surface area contributed by atoms with Gasteiger partial charge < -0.3 is 9.84 Å². The third-order valence-corrected chi connectivity index (χ3v) is 5.91. The van der Waals surface area contributed by atoms with E-state index in [9.17, 15) is 5.11 Å². The van der Waals surface area contributed by atoms with E-state index in [4.69, 9.17) is 4.74 Å². The second kappa shape index (κ2) is 2.45. The molecular formula is C11H13BrO2. The monoisotopic (exact) mass is 256 g/mol. The van der Waals surface area contributed by atoms with Crippen molar-refractivity contribution >= 4 is 15.9 Å². The Kier molecular flexibility index (Phi) is 1.45. The number of hydrogen-bond donors (Lipinski definition) is 1. The van der Waals surface area contributed by atoms with Crippen molar-refractivity contribution in [1.29, 1.82) is 0 Å². The van der Waals surface area contributed by atoms with Crippen molar-refractivity contribution in [3.63, 3.8) is 0 Å². The van der Waals surface area contributed by atoms with Crippen LogP contribution in [-0.2, 0) is 4.74 Å². The van der Waals surface area contributed by atoms with Gasteiger partial charge in [-0.3, -0.25) is 0 Å². The lowest BCUT2D eigenvalue weighted by Crippen LogP contribution is -2.41. The van der Waals surface area contributed by atoms with Crippen LogP contribution in [0.25, 0.3) is 0 Å². The quantitative estimate of drug-likeness (QED) is 0.524. The molecule has 1 heterocycles. The maximum atomic E-state index is 9.99. The zero-order chi connectivity index (χ0) is 9.45.